The van der Waals surface area contributed by atoms with Gasteiger partial charge in [0.05, 0.1) is 6.10 Å². The Bertz CT molecular complexity index is 750. The fourth-order valence-electron chi connectivity index (χ4n) is 3.94. The summed E-state index contributed by atoms with van der Waals surface area (Å²) >= 11 is 0. The SMILES string of the molecule is O=C(NC[C@H]1CCCO1)NC1(c2nc(-c3ccccc3)no2)CCCCC1. The molecule has 0 bridgehead atoms. The van der Waals surface area contributed by atoms with Crippen molar-refractivity contribution in [3.05, 3.63) is 36.2 Å². The summed E-state index contributed by atoms with van der Waals surface area (Å²) in [5.41, 5.74) is 0.306. The van der Waals surface area contributed by atoms with Gasteiger partial charge in [0.15, 0.2) is 0 Å². The molecule has 0 radical (unpaired) electrons. The highest BCUT2D eigenvalue weighted by Gasteiger charge is 2.41. The summed E-state index contributed by atoms with van der Waals surface area (Å²) in [5, 5.41) is 10.2. The number of carbonyl (C=O) groups is 1. The molecular formula is C20H26N4O3. The summed E-state index contributed by atoms with van der Waals surface area (Å²) in [6.07, 6.45) is 6.97. The van der Waals surface area contributed by atoms with Crippen molar-refractivity contribution >= 4 is 6.03 Å². The molecule has 1 aromatic heterocycles. The summed E-state index contributed by atoms with van der Waals surface area (Å²) in [7, 11) is 0. The van der Waals surface area contributed by atoms with E-state index in [4.69, 9.17) is 9.26 Å². The van der Waals surface area contributed by atoms with Crippen molar-refractivity contribution in [2.45, 2.75) is 56.6 Å². The maximum atomic E-state index is 12.6. The van der Waals surface area contributed by atoms with Crippen LogP contribution in [0.3, 0.4) is 0 Å². The predicted molar refractivity (Wildman–Crippen MR) is 100 cm³/mol. The van der Waals surface area contributed by atoms with E-state index in [2.05, 4.69) is 20.8 Å². The van der Waals surface area contributed by atoms with Crippen LogP contribution in [0, 0.1) is 0 Å². The Labute approximate surface area is 158 Å². The van der Waals surface area contributed by atoms with E-state index in [0.717, 1.165) is 57.1 Å². The van der Waals surface area contributed by atoms with Gasteiger partial charge in [-0.1, -0.05) is 54.8 Å². The second kappa shape index (κ2) is 8.08. The van der Waals surface area contributed by atoms with Gasteiger partial charge in [0.25, 0.3) is 5.89 Å². The third-order valence-electron chi connectivity index (χ3n) is 5.44. The van der Waals surface area contributed by atoms with E-state index in [1.165, 1.54) is 0 Å². The normalized spacial score (nSPS) is 21.7. The zero-order chi connectivity index (χ0) is 18.5. The average Bonchev–Trinajstić information content (AvgIpc) is 3.40. The Hall–Kier alpha value is -2.41. The van der Waals surface area contributed by atoms with Crippen LogP contribution < -0.4 is 10.6 Å². The molecule has 2 N–H and O–H groups in total. The standard InChI is InChI=1S/C20H26N4O3/c25-19(21-14-16-10-7-13-26-16)23-20(11-5-2-6-12-20)18-22-17(24-27-18)15-8-3-1-4-9-15/h1,3-4,8-9,16H,2,5-7,10-14H2,(H2,21,23,25)/t16-/m1/s1. The van der Waals surface area contributed by atoms with Gasteiger partial charge in [0.1, 0.15) is 5.54 Å². The van der Waals surface area contributed by atoms with Crippen LogP contribution in [0.5, 0.6) is 0 Å². The molecule has 27 heavy (non-hydrogen) atoms. The van der Waals surface area contributed by atoms with Crippen LogP contribution in [0.4, 0.5) is 4.79 Å². The zero-order valence-electron chi connectivity index (χ0n) is 15.4. The molecular weight excluding hydrogens is 344 g/mol. The van der Waals surface area contributed by atoms with Gasteiger partial charge in [-0.15, -0.1) is 0 Å². The molecule has 2 aliphatic rings. The number of hydrogen-bond donors (Lipinski definition) is 2. The van der Waals surface area contributed by atoms with E-state index in [1.807, 2.05) is 30.3 Å². The summed E-state index contributed by atoms with van der Waals surface area (Å²) in [6, 6.07) is 9.53. The molecule has 1 aromatic carbocycles. The predicted octanol–water partition coefficient (Wildman–Crippen LogP) is 3.37. The molecule has 1 saturated heterocycles. The third-order valence-corrected chi connectivity index (χ3v) is 5.44. The highest BCUT2D eigenvalue weighted by atomic mass is 16.5. The van der Waals surface area contributed by atoms with Crippen molar-refractivity contribution in [3.63, 3.8) is 0 Å². The number of carbonyl (C=O) groups excluding carboxylic acids is 1. The first-order chi connectivity index (χ1) is 13.3. The smallest absolute Gasteiger partial charge is 0.315 e. The first kappa shape index (κ1) is 18.0. The minimum absolute atomic E-state index is 0.117. The third kappa shape index (κ3) is 4.13. The van der Waals surface area contributed by atoms with Crippen LogP contribution in [0.15, 0.2) is 34.9 Å². The summed E-state index contributed by atoms with van der Waals surface area (Å²) < 4.78 is 11.2. The van der Waals surface area contributed by atoms with Crippen molar-refractivity contribution in [2.24, 2.45) is 0 Å². The number of hydrogen-bond acceptors (Lipinski definition) is 5. The lowest BCUT2D eigenvalue weighted by molar-refractivity contribution is 0.109. The number of rotatable bonds is 5. The molecule has 2 amide bonds. The Morgan fingerprint density at radius 3 is 2.70 bits per heavy atom. The molecule has 2 heterocycles. The van der Waals surface area contributed by atoms with E-state index in [0.29, 0.717) is 18.3 Å². The molecule has 1 atom stereocenters. The number of ether oxygens (including phenoxy) is 1. The van der Waals surface area contributed by atoms with Gasteiger partial charge in [-0.3, -0.25) is 0 Å². The molecule has 7 nitrogen and oxygen atoms in total. The van der Waals surface area contributed by atoms with E-state index in [1.54, 1.807) is 0 Å². The molecule has 1 aliphatic heterocycles. The van der Waals surface area contributed by atoms with Crippen molar-refractivity contribution in [1.29, 1.82) is 0 Å². The average molecular weight is 370 g/mol. The molecule has 0 spiro atoms. The molecule has 4 rings (SSSR count). The molecule has 7 heteroatoms. The maximum Gasteiger partial charge on any atom is 0.315 e. The van der Waals surface area contributed by atoms with Gasteiger partial charge < -0.3 is 19.9 Å². The number of amides is 2. The van der Waals surface area contributed by atoms with Crippen molar-refractivity contribution < 1.29 is 14.1 Å². The first-order valence-corrected chi connectivity index (χ1v) is 9.82. The Balaban J connectivity index is 1.48. The van der Waals surface area contributed by atoms with Crippen LogP contribution >= 0.6 is 0 Å². The minimum Gasteiger partial charge on any atom is -0.376 e. The number of urea groups is 1. The van der Waals surface area contributed by atoms with Gasteiger partial charge in [0, 0.05) is 18.7 Å². The lowest BCUT2D eigenvalue weighted by Gasteiger charge is -2.34. The number of nitrogens with one attached hydrogen (secondary N) is 2. The second-order valence-electron chi connectivity index (χ2n) is 7.40. The number of nitrogens with zero attached hydrogens (tertiary/aromatic N) is 2. The second-order valence-corrected chi connectivity index (χ2v) is 7.40. The molecule has 2 aromatic rings. The Morgan fingerprint density at radius 2 is 1.96 bits per heavy atom. The Kier molecular flexibility index (Phi) is 5.38. The van der Waals surface area contributed by atoms with Crippen molar-refractivity contribution in [2.75, 3.05) is 13.2 Å². The topological polar surface area (TPSA) is 89.3 Å². The largest absolute Gasteiger partial charge is 0.376 e. The fourth-order valence-corrected chi connectivity index (χ4v) is 3.94. The first-order valence-electron chi connectivity index (χ1n) is 9.82. The van der Waals surface area contributed by atoms with Crippen LogP contribution in [0.2, 0.25) is 0 Å². The fraction of sp³-hybridized carbons (Fsp3) is 0.550. The minimum atomic E-state index is -0.598. The summed E-state index contributed by atoms with van der Waals surface area (Å²) in [4.78, 5) is 17.2. The Morgan fingerprint density at radius 1 is 1.15 bits per heavy atom. The van der Waals surface area contributed by atoms with E-state index in [9.17, 15) is 4.79 Å². The molecule has 144 valence electrons. The van der Waals surface area contributed by atoms with Gasteiger partial charge in [-0.05, 0) is 25.7 Å². The van der Waals surface area contributed by atoms with E-state index in [-0.39, 0.29) is 12.1 Å². The van der Waals surface area contributed by atoms with Gasteiger partial charge in [-0.25, -0.2) is 4.79 Å². The van der Waals surface area contributed by atoms with Crippen LogP contribution in [-0.2, 0) is 10.3 Å². The van der Waals surface area contributed by atoms with Gasteiger partial charge in [0.2, 0.25) is 5.82 Å². The summed E-state index contributed by atoms with van der Waals surface area (Å²) in [5.74, 6) is 1.05. The molecule has 0 unspecified atom stereocenters. The molecule has 1 aliphatic carbocycles. The lowest BCUT2D eigenvalue weighted by atomic mass is 9.81. The summed E-state index contributed by atoms with van der Waals surface area (Å²) in [6.45, 7) is 1.31. The monoisotopic (exact) mass is 370 g/mol. The van der Waals surface area contributed by atoms with Gasteiger partial charge >= 0.3 is 6.03 Å². The number of benzene rings is 1. The van der Waals surface area contributed by atoms with Gasteiger partial charge in [-0.2, -0.15) is 4.98 Å². The molecule has 1 saturated carbocycles. The van der Waals surface area contributed by atoms with E-state index < -0.39 is 5.54 Å². The maximum absolute atomic E-state index is 12.6. The highest BCUT2D eigenvalue weighted by molar-refractivity contribution is 5.75. The van der Waals surface area contributed by atoms with Crippen molar-refractivity contribution in [1.82, 2.24) is 20.8 Å². The van der Waals surface area contributed by atoms with Crippen molar-refractivity contribution in [3.8, 4) is 11.4 Å². The van der Waals surface area contributed by atoms with Crippen LogP contribution in [0.25, 0.3) is 11.4 Å². The van der Waals surface area contributed by atoms with Crippen LogP contribution in [0.1, 0.15) is 50.8 Å². The van der Waals surface area contributed by atoms with E-state index >= 15 is 0 Å². The quantitative estimate of drug-likeness (QED) is 0.842. The highest BCUT2D eigenvalue weighted by Crippen LogP contribution is 2.37. The van der Waals surface area contributed by atoms with Crippen LogP contribution in [-0.4, -0.2) is 35.4 Å². The molecule has 2 fully saturated rings. The lowest BCUT2D eigenvalue weighted by Crippen LogP contribution is -2.52. The zero-order valence-corrected chi connectivity index (χ0v) is 15.4. The number of aromatic nitrogens is 2.